The molecule has 0 saturated carbocycles. The predicted molar refractivity (Wildman–Crippen MR) is 150 cm³/mol. The number of carboxylic acid groups (broad SMARTS) is 2. The molecule has 2 aromatic heterocycles. The smallest absolute Gasteiger partial charge is 0.384 e. The molecule has 2 aliphatic rings. The van der Waals surface area contributed by atoms with Crippen LogP contribution in [-0.4, -0.2) is 83.6 Å². The molecule has 16 nitrogen and oxygen atoms in total. The number of thioether (sulfide) groups is 2. The third-order valence-electron chi connectivity index (χ3n) is 5.85. The Morgan fingerprint density at radius 1 is 1.34 bits per heavy atom. The fraction of sp³-hybridized carbons (Fsp3) is 0.364. The number of fused-ring (bicyclic) bond motifs is 1. The van der Waals surface area contributed by atoms with E-state index < -0.39 is 41.3 Å². The molecular formula is C22H26N9O7S3+. The molecule has 0 bridgehead atoms. The van der Waals surface area contributed by atoms with Crippen molar-refractivity contribution in [2.45, 2.75) is 42.9 Å². The van der Waals surface area contributed by atoms with Crippen LogP contribution < -0.4 is 27.3 Å². The maximum atomic E-state index is 13.2. The Morgan fingerprint density at radius 3 is 2.71 bits per heavy atom. The summed E-state index contributed by atoms with van der Waals surface area (Å²) in [6, 6.07) is -1.06. The molecule has 4 rings (SSSR count). The van der Waals surface area contributed by atoms with Crippen molar-refractivity contribution in [2.24, 2.45) is 5.16 Å². The molecule has 0 radical (unpaired) electrons. The normalized spacial score (nSPS) is 19.3. The Morgan fingerprint density at radius 2 is 2.07 bits per heavy atom. The van der Waals surface area contributed by atoms with Gasteiger partial charge in [0, 0.05) is 16.9 Å². The fourth-order valence-electron chi connectivity index (χ4n) is 3.87. The van der Waals surface area contributed by atoms with Crippen molar-refractivity contribution in [2.75, 3.05) is 28.8 Å². The van der Waals surface area contributed by atoms with Crippen LogP contribution in [0.5, 0.6) is 0 Å². The van der Waals surface area contributed by atoms with E-state index in [0.717, 1.165) is 16.2 Å². The molecule has 0 aliphatic carbocycles. The number of oxime groups is 1. The van der Waals surface area contributed by atoms with Crippen molar-refractivity contribution in [1.82, 2.24) is 20.2 Å². The van der Waals surface area contributed by atoms with Crippen LogP contribution in [0, 0.1) is 6.92 Å². The number of nitrogens with two attached hydrogens (primary N) is 3. The number of hydrogen-bond donors (Lipinski definition) is 6. The van der Waals surface area contributed by atoms with Gasteiger partial charge in [-0.2, -0.15) is 0 Å². The molecule has 2 aliphatic heterocycles. The van der Waals surface area contributed by atoms with E-state index >= 15 is 0 Å². The molecule has 9 N–H and O–H groups in total. The minimum absolute atomic E-state index is 0.0698. The summed E-state index contributed by atoms with van der Waals surface area (Å²) in [4.78, 5) is 64.0. The molecule has 1 saturated heterocycles. The van der Waals surface area contributed by atoms with Crippen molar-refractivity contribution < 1.29 is 38.9 Å². The summed E-state index contributed by atoms with van der Waals surface area (Å²) in [7, 11) is 0. The second kappa shape index (κ2) is 12.2. The number of thiazole rings is 1. The van der Waals surface area contributed by atoms with E-state index in [2.05, 4.69) is 20.4 Å². The van der Waals surface area contributed by atoms with Gasteiger partial charge in [-0.25, -0.2) is 9.78 Å². The summed E-state index contributed by atoms with van der Waals surface area (Å²) in [5.74, 6) is 2.84. The summed E-state index contributed by atoms with van der Waals surface area (Å²) in [5, 5.41) is 26.5. The lowest BCUT2D eigenvalue weighted by atomic mass is 10.0. The largest absolute Gasteiger partial charge is 0.481 e. The third-order valence-corrected chi connectivity index (χ3v) is 8.92. The second-order valence-electron chi connectivity index (χ2n) is 8.93. The third kappa shape index (κ3) is 6.46. The van der Waals surface area contributed by atoms with Crippen molar-refractivity contribution in [3.8, 4) is 0 Å². The number of aryl methyl sites for hydroxylation is 1. The van der Waals surface area contributed by atoms with E-state index in [1.807, 2.05) is 0 Å². The number of carboxylic acids is 2. The van der Waals surface area contributed by atoms with E-state index in [-0.39, 0.29) is 40.2 Å². The summed E-state index contributed by atoms with van der Waals surface area (Å²) < 4.78 is 1.29. The average molecular weight is 625 g/mol. The minimum atomic E-state index is -1.29. The van der Waals surface area contributed by atoms with Crippen LogP contribution >= 0.6 is 34.9 Å². The number of hydrogen-bond acceptors (Lipinski definition) is 14. The molecule has 218 valence electrons. The molecule has 0 aromatic carbocycles. The molecule has 4 heterocycles. The van der Waals surface area contributed by atoms with E-state index in [0.29, 0.717) is 22.1 Å². The highest BCUT2D eigenvalue weighted by Crippen LogP contribution is 2.41. The van der Waals surface area contributed by atoms with Crippen LogP contribution in [-0.2, 0) is 24.0 Å². The fourth-order valence-corrected chi connectivity index (χ4v) is 6.80. The van der Waals surface area contributed by atoms with Gasteiger partial charge in [0.15, 0.2) is 10.8 Å². The number of amides is 2. The minimum Gasteiger partial charge on any atom is -0.481 e. The molecule has 3 atom stereocenters. The first-order valence-electron chi connectivity index (χ1n) is 11.8. The molecule has 19 heteroatoms. The number of nitrogens with zero attached hydrogens (tertiary/aromatic N) is 5. The molecular weight excluding hydrogens is 598 g/mol. The number of carbonyl (C=O) groups is 4. The first-order chi connectivity index (χ1) is 19.4. The lowest BCUT2D eigenvalue weighted by Crippen LogP contribution is -2.71. The van der Waals surface area contributed by atoms with Gasteiger partial charge in [-0.05, 0) is 36.2 Å². The van der Waals surface area contributed by atoms with Crippen LogP contribution in [0.4, 0.5) is 10.9 Å². The molecule has 0 spiro atoms. The second-order valence-corrected chi connectivity index (χ2v) is 11.9. The molecule has 2 aromatic rings. The molecule has 1 fully saturated rings. The summed E-state index contributed by atoms with van der Waals surface area (Å²) in [6.07, 6.45) is 0.376. The zero-order valence-electron chi connectivity index (χ0n) is 21.6. The van der Waals surface area contributed by atoms with Gasteiger partial charge in [0.25, 0.3) is 11.8 Å². The lowest BCUT2D eigenvalue weighted by molar-refractivity contribution is -0.682. The van der Waals surface area contributed by atoms with E-state index in [1.54, 1.807) is 13.1 Å². The first-order valence-corrected chi connectivity index (χ1v) is 14.7. The van der Waals surface area contributed by atoms with Crippen molar-refractivity contribution in [3.05, 3.63) is 34.1 Å². The van der Waals surface area contributed by atoms with Crippen molar-refractivity contribution >= 4 is 75.3 Å². The maximum Gasteiger partial charge on any atom is 0.384 e. The number of anilines is 2. The van der Waals surface area contributed by atoms with Gasteiger partial charge in [0.1, 0.15) is 35.1 Å². The number of β-lactam (4-membered cyclic amide) rings is 1. The molecule has 2 unspecified atom stereocenters. The Labute approximate surface area is 245 Å². The van der Waals surface area contributed by atoms with Crippen LogP contribution in [0.25, 0.3) is 0 Å². The van der Waals surface area contributed by atoms with Gasteiger partial charge in [-0.15, -0.1) is 27.8 Å². The number of rotatable bonds is 11. The Hall–Kier alpha value is -4.10. The van der Waals surface area contributed by atoms with Gasteiger partial charge < -0.3 is 31.8 Å². The maximum absolute atomic E-state index is 13.2. The lowest BCUT2D eigenvalue weighted by Gasteiger charge is -2.49. The molecule has 2 amide bonds. The predicted octanol–water partition coefficient (Wildman–Crippen LogP) is -0.873. The summed E-state index contributed by atoms with van der Waals surface area (Å²) in [6.45, 7) is 3.21. The highest BCUT2D eigenvalue weighted by Gasteiger charge is 2.54. The van der Waals surface area contributed by atoms with Gasteiger partial charge >= 0.3 is 17.1 Å². The van der Waals surface area contributed by atoms with E-state index in [9.17, 15) is 24.3 Å². The topological polar surface area (TPSA) is 253 Å². The first kappa shape index (κ1) is 29.9. The molecule has 41 heavy (non-hydrogen) atoms. The average Bonchev–Trinajstić information content (AvgIpc) is 3.33. The van der Waals surface area contributed by atoms with Gasteiger partial charge in [-0.1, -0.05) is 5.16 Å². The number of nitrogens with one attached hydrogen (secondary N) is 1. The highest BCUT2D eigenvalue weighted by atomic mass is 32.2. The van der Waals surface area contributed by atoms with Crippen molar-refractivity contribution in [3.63, 3.8) is 0 Å². The zero-order chi connectivity index (χ0) is 30.0. The van der Waals surface area contributed by atoms with Gasteiger partial charge in [0.05, 0.1) is 12.0 Å². The standard InChI is InChI=1S/C22H25N9O7S3/c1-8-4-30(25)22(28-16(8)23)41-6-10-5-39-19-14(18(35)31(19)15(10)20(36)37)27-17(34)13(11-7-40-21(24)26-11)29-38-9(2)3-12(32)33/h4,7,9,14,19,23H,3,5-6,25H2,1-2H3,(H5,24,26,27,32,33,34,36,37)/p+1/b29-13-/t9?,14?,19-/m1/s1. The van der Waals surface area contributed by atoms with E-state index in [4.69, 9.17) is 27.3 Å². The van der Waals surface area contributed by atoms with Crippen LogP contribution in [0.3, 0.4) is 0 Å². The summed E-state index contributed by atoms with van der Waals surface area (Å²) >= 11 is 3.50. The van der Waals surface area contributed by atoms with E-state index in [1.165, 1.54) is 40.5 Å². The Balaban J connectivity index is 1.50. The number of aliphatic carboxylic acids is 2. The highest BCUT2D eigenvalue weighted by molar-refractivity contribution is 8.01. The van der Waals surface area contributed by atoms with Crippen molar-refractivity contribution in [1.29, 1.82) is 0 Å². The monoisotopic (exact) mass is 624 g/mol. The van der Waals surface area contributed by atoms with Gasteiger partial charge in [-0.3, -0.25) is 25.1 Å². The van der Waals surface area contributed by atoms with Crippen LogP contribution in [0.1, 0.15) is 24.6 Å². The van der Waals surface area contributed by atoms with Gasteiger partial charge in [0.2, 0.25) is 5.82 Å². The van der Waals surface area contributed by atoms with Crippen LogP contribution in [0.2, 0.25) is 0 Å². The Kier molecular flexibility index (Phi) is 8.88. The number of nitrogen functional groups attached to an aromatic ring is 3. The number of aromatic nitrogens is 3. The summed E-state index contributed by atoms with van der Waals surface area (Å²) in [5.41, 5.74) is 12.3. The number of carbonyl (C=O) groups excluding carboxylic acids is 2. The Bertz CT molecular complexity index is 1480. The van der Waals surface area contributed by atoms with Crippen LogP contribution in [0.15, 0.2) is 33.2 Å². The zero-order valence-corrected chi connectivity index (χ0v) is 24.1. The SMILES string of the molecule is Cc1c[n+](N)c(SCC2=C(C(=O)O)N3C(=O)C(NC(=O)/C(=N\OC(C)CC(=O)O)c4csc(N)n4)[C@H]3SC2)nc1N. The quantitative estimate of drug-likeness (QED) is 0.0338.